The van der Waals surface area contributed by atoms with Crippen molar-refractivity contribution in [2.45, 2.75) is 70.8 Å². The highest BCUT2D eigenvalue weighted by Crippen LogP contribution is 2.36. The summed E-state index contributed by atoms with van der Waals surface area (Å²) in [5, 5.41) is 0. The number of carbonyl (C=O) groups is 2. The lowest BCUT2D eigenvalue weighted by atomic mass is 9.88. The summed E-state index contributed by atoms with van der Waals surface area (Å²) < 4.78 is 0. The third kappa shape index (κ3) is 4.00. The molecular formula is C25H31N5O2. The van der Waals surface area contributed by atoms with Gasteiger partial charge in [0.2, 0.25) is 5.91 Å². The van der Waals surface area contributed by atoms with Gasteiger partial charge in [-0.3, -0.25) is 19.5 Å². The number of aromatic nitrogens is 3. The van der Waals surface area contributed by atoms with Crippen LogP contribution in [0.2, 0.25) is 0 Å². The van der Waals surface area contributed by atoms with Gasteiger partial charge in [-0.25, -0.2) is 9.97 Å². The number of aryl methyl sites for hydroxylation is 1. The number of hydrogen-bond acceptors (Lipinski definition) is 5. The molecule has 1 aliphatic carbocycles. The van der Waals surface area contributed by atoms with Crippen molar-refractivity contribution in [3.63, 3.8) is 0 Å². The van der Waals surface area contributed by atoms with Crippen LogP contribution in [0.15, 0.2) is 24.5 Å². The van der Waals surface area contributed by atoms with E-state index in [4.69, 9.17) is 9.97 Å². The van der Waals surface area contributed by atoms with Crippen LogP contribution in [0.4, 0.5) is 5.82 Å². The Labute approximate surface area is 189 Å². The second kappa shape index (κ2) is 8.96. The third-order valence-electron chi connectivity index (χ3n) is 7.26. The summed E-state index contributed by atoms with van der Waals surface area (Å²) in [4.78, 5) is 43.7. The maximum Gasteiger partial charge on any atom is 0.254 e. The van der Waals surface area contributed by atoms with E-state index in [1.807, 2.05) is 16.7 Å². The zero-order valence-corrected chi connectivity index (χ0v) is 18.8. The fourth-order valence-electron chi connectivity index (χ4n) is 5.51. The molecular weight excluding hydrogens is 402 g/mol. The van der Waals surface area contributed by atoms with Crippen molar-refractivity contribution in [3.05, 3.63) is 47.2 Å². The summed E-state index contributed by atoms with van der Waals surface area (Å²) in [5.41, 5.74) is 2.67. The molecule has 0 spiro atoms. The summed E-state index contributed by atoms with van der Waals surface area (Å²) >= 11 is 0. The molecule has 2 aromatic heterocycles. The average Bonchev–Trinajstić information content (AvgIpc) is 3.31. The number of amides is 2. The Kier molecular flexibility index (Phi) is 5.89. The van der Waals surface area contributed by atoms with Gasteiger partial charge in [0.25, 0.3) is 5.91 Å². The molecule has 7 nitrogen and oxygen atoms in total. The Morgan fingerprint density at radius 3 is 2.59 bits per heavy atom. The van der Waals surface area contributed by atoms with E-state index < -0.39 is 0 Å². The molecule has 7 heteroatoms. The standard InChI is InChI=1S/C25H31N5O2/c1-17-20-9-10-22(31)30(16-18-6-3-2-4-7-18)24(20)28-23(27-17)21-8-5-15-29(21)25(32)19-11-13-26-14-12-19/h11-14,18,21H,2-10,15-16H2,1H3. The topological polar surface area (TPSA) is 79.3 Å². The molecule has 1 unspecified atom stereocenters. The van der Waals surface area contributed by atoms with Gasteiger partial charge in [-0.05, 0) is 57.1 Å². The van der Waals surface area contributed by atoms with Gasteiger partial charge < -0.3 is 4.90 Å². The third-order valence-corrected chi connectivity index (χ3v) is 7.26. The number of fused-ring (bicyclic) bond motifs is 1. The van der Waals surface area contributed by atoms with E-state index in [0.717, 1.165) is 36.5 Å². The highest BCUT2D eigenvalue weighted by molar-refractivity contribution is 5.96. The Hall–Kier alpha value is -2.83. The molecule has 2 aromatic rings. The molecule has 1 saturated carbocycles. The fraction of sp³-hybridized carbons (Fsp3) is 0.560. The number of anilines is 1. The van der Waals surface area contributed by atoms with Crippen molar-refractivity contribution in [1.82, 2.24) is 19.9 Å². The van der Waals surface area contributed by atoms with Crippen LogP contribution in [0.1, 0.15) is 84.8 Å². The largest absolute Gasteiger partial charge is 0.328 e. The van der Waals surface area contributed by atoms with Crippen LogP contribution in [-0.2, 0) is 11.2 Å². The van der Waals surface area contributed by atoms with Crippen LogP contribution in [0.5, 0.6) is 0 Å². The summed E-state index contributed by atoms with van der Waals surface area (Å²) in [5.74, 6) is 2.17. The van der Waals surface area contributed by atoms with E-state index in [-0.39, 0.29) is 17.9 Å². The highest BCUT2D eigenvalue weighted by Gasteiger charge is 2.36. The number of nitrogens with zero attached hydrogens (tertiary/aromatic N) is 5. The first kappa shape index (κ1) is 21.0. The van der Waals surface area contributed by atoms with Gasteiger partial charge in [0.05, 0.1) is 6.04 Å². The fourth-order valence-corrected chi connectivity index (χ4v) is 5.51. The van der Waals surface area contributed by atoms with Crippen LogP contribution < -0.4 is 4.90 Å². The number of likely N-dealkylation sites (tertiary alicyclic amines) is 1. The molecule has 1 atom stereocenters. The average molecular weight is 434 g/mol. The molecule has 0 radical (unpaired) electrons. The van der Waals surface area contributed by atoms with Crippen molar-refractivity contribution >= 4 is 17.6 Å². The van der Waals surface area contributed by atoms with Crippen molar-refractivity contribution in [2.75, 3.05) is 18.0 Å². The first-order valence-electron chi connectivity index (χ1n) is 12.0. The van der Waals surface area contributed by atoms with Gasteiger partial charge in [-0.1, -0.05) is 19.3 Å². The van der Waals surface area contributed by atoms with Crippen molar-refractivity contribution in [3.8, 4) is 0 Å². The summed E-state index contributed by atoms with van der Waals surface area (Å²) in [6.07, 6.45) is 12.5. The number of hydrogen-bond donors (Lipinski definition) is 0. The van der Waals surface area contributed by atoms with E-state index in [2.05, 4.69) is 4.98 Å². The Balaban J connectivity index is 1.46. The molecule has 2 amide bonds. The minimum atomic E-state index is -0.159. The van der Waals surface area contributed by atoms with E-state index in [9.17, 15) is 9.59 Å². The second-order valence-corrected chi connectivity index (χ2v) is 9.37. The Morgan fingerprint density at radius 2 is 1.81 bits per heavy atom. The predicted molar refractivity (Wildman–Crippen MR) is 121 cm³/mol. The van der Waals surface area contributed by atoms with E-state index >= 15 is 0 Å². The molecule has 0 N–H and O–H groups in total. The van der Waals surface area contributed by atoms with E-state index in [1.54, 1.807) is 24.5 Å². The van der Waals surface area contributed by atoms with Crippen LogP contribution in [0.25, 0.3) is 0 Å². The monoisotopic (exact) mass is 433 g/mol. The maximum absolute atomic E-state index is 13.2. The summed E-state index contributed by atoms with van der Waals surface area (Å²) in [6.45, 7) is 3.46. The Morgan fingerprint density at radius 1 is 1.03 bits per heavy atom. The van der Waals surface area contributed by atoms with Gasteiger partial charge in [-0.15, -0.1) is 0 Å². The molecule has 1 saturated heterocycles. The van der Waals surface area contributed by atoms with Gasteiger partial charge in [0.15, 0.2) is 5.82 Å². The lowest BCUT2D eigenvalue weighted by molar-refractivity contribution is -0.119. The molecule has 0 aromatic carbocycles. The number of pyridine rings is 1. The molecule has 0 bridgehead atoms. The van der Waals surface area contributed by atoms with Crippen molar-refractivity contribution < 1.29 is 9.59 Å². The second-order valence-electron chi connectivity index (χ2n) is 9.37. The SMILES string of the molecule is Cc1nc(C2CCCN2C(=O)c2ccncc2)nc2c1CCC(=O)N2CC1CCCCC1. The minimum absolute atomic E-state index is 0.0102. The number of carbonyl (C=O) groups excluding carboxylic acids is 2. The quantitative estimate of drug-likeness (QED) is 0.728. The summed E-state index contributed by atoms with van der Waals surface area (Å²) in [6, 6.07) is 3.34. The van der Waals surface area contributed by atoms with Crippen LogP contribution >= 0.6 is 0 Å². The van der Waals surface area contributed by atoms with Crippen molar-refractivity contribution in [2.24, 2.45) is 5.92 Å². The molecule has 168 valence electrons. The molecule has 3 aliphatic rings. The molecule has 32 heavy (non-hydrogen) atoms. The normalized spacial score (nSPS) is 21.7. The first-order chi connectivity index (χ1) is 15.6. The van der Waals surface area contributed by atoms with Crippen LogP contribution in [-0.4, -0.2) is 44.8 Å². The zero-order valence-electron chi connectivity index (χ0n) is 18.8. The van der Waals surface area contributed by atoms with Crippen LogP contribution in [0.3, 0.4) is 0 Å². The molecule has 2 aliphatic heterocycles. The van der Waals surface area contributed by atoms with Gasteiger partial charge in [-0.2, -0.15) is 0 Å². The van der Waals surface area contributed by atoms with Gasteiger partial charge in [0.1, 0.15) is 5.82 Å². The van der Waals surface area contributed by atoms with E-state index in [0.29, 0.717) is 36.7 Å². The lowest BCUT2D eigenvalue weighted by Gasteiger charge is -2.34. The van der Waals surface area contributed by atoms with Crippen molar-refractivity contribution in [1.29, 1.82) is 0 Å². The van der Waals surface area contributed by atoms with E-state index in [1.165, 1.54) is 32.1 Å². The Bertz CT molecular complexity index is 1000. The maximum atomic E-state index is 13.2. The van der Waals surface area contributed by atoms with Crippen LogP contribution in [0, 0.1) is 12.8 Å². The molecule has 5 rings (SSSR count). The smallest absolute Gasteiger partial charge is 0.254 e. The summed E-state index contributed by atoms with van der Waals surface area (Å²) in [7, 11) is 0. The predicted octanol–water partition coefficient (Wildman–Crippen LogP) is 4.02. The van der Waals surface area contributed by atoms with Gasteiger partial charge >= 0.3 is 0 Å². The zero-order chi connectivity index (χ0) is 22.1. The first-order valence-corrected chi connectivity index (χ1v) is 12.0. The lowest BCUT2D eigenvalue weighted by Crippen LogP contribution is -2.41. The minimum Gasteiger partial charge on any atom is -0.328 e. The molecule has 4 heterocycles. The van der Waals surface area contributed by atoms with Gasteiger partial charge in [0, 0.05) is 48.7 Å². The molecule has 2 fully saturated rings. The number of rotatable bonds is 4. The highest BCUT2D eigenvalue weighted by atomic mass is 16.2.